The predicted octanol–water partition coefficient (Wildman–Crippen LogP) is 6.42. The molecule has 190 valence electrons. The van der Waals surface area contributed by atoms with Gasteiger partial charge in [-0.2, -0.15) is 0 Å². The van der Waals surface area contributed by atoms with E-state index in [1.54, 1.807) is 42.5 Å². The molecule has 6 nitrogen and oxygen atoms in total. The summed E-state index contributed by atoms with van der Waals surface area (Å²) in [7, 11) is 0. The molecule has 0 heterocycles. The van der Waals surface area contributed by atoms with Gasteiger partial charge in [0.2, 0.25) is 0 Å². The highest BCUT2D eigenvalue weighted by atomic mass is 32.1. The van der Waals surface area contributed by atoms with Crippen molar-refractivity contribution in [2.45, 2.75) is 65.7 Å². The molecule has 0 aliphatic heterocycles. The van der Waals surface area contributed by atoms with Gasteiger partial charge >= 0.3 is 0 Å². The number of amides is 2. The molecule has 0 unspecified atom stereocenters. The van der Waals surface area contributed by atoms with Crippen molar-refractivity contribution in [3.05, 3.63) is 59.7 Å². The number of anilines is 1. The van der Waals surface area contributed by atoms with Crippen molar-refractivity contribution < 1.29 is 14.3 Å². The highest BCUT2D eigenvalue weighted by Crippen LogP contribution is 2.15. The van der Waals surface area contributed by atoms with Crippen molar-refractivity contribution >= 4 is 34.8 Å². The van der Waals surface area contributed by atoms with E-state index in [2.05, 4.69) is 31.4 Å². The maximum absolute atomic E-state index is 12.9. The van der Waals surface area contributed by atoms with Crippen LogP contribution in [0.3, 0.4) is 0 Å². The summed E-state index contributed by atoms with van der Waals surface area (Å²) in [6.07, 6.45) is 7.75. The lowest BCUT2D eigenvalue weighted by Crippen LogP contribution is -2.34. The zero-order chi connectivity index (χ0) is 25.5. The van der Waals surface area contributed by atoms with Crippen LogP contribution >= 0.6 is 12.2 Å². The number of ether oxygens (including phenoxy) is 1. The van der Waals surface area contributed by atoms with Crippen LogP contribution in [-0.2, 0) is 0 Å². The van der Waals surface area contributed by atoms with Crippen molar-refractivity contribution in [3.8, 4) is 5.75 Å². The topological polar surface area (TPSA) is 70.7 Å². The van der Waals surface area contributed by atoms with Crippen LogP contribution in [-0.4, -0.2) is 41.5 Å². The fourth-order valence-electron chi connectivity index (χ4n) is 3.70. The minimum atomic E-state index is -0.307. The van der Waals surface area contributed by atoms with Crippen LogP contribution in [0.1, 0.15) is 86.4 Å². The van der Waals surface area contributed by atoms with E-state index in [9.17, 15) is 9.59 Å². The fraction of sp³-hybridized carbons (Fsp3) is 0.464. The molecule has 0 spiro atoms. The number of carbonyl (C=O) groups is 2. The first-order chi connectivity index (χ1) is 17.0. The molecule has 2 aromatic rings. The van der Waals surface area contributed by atoms with Gasteiger partial charge in [0.15, 0.2) is 5.11 Å². The van der Waals surface area contributed by atoms with Crippen LogP contribution < -0.4 is 15.4 Å². The Balaban J connectivity index is 1.87. The number of carbonyl (C=O) groups excluding carboxylic acids is 2. The molecule has 0 radical (unpaired) electrons. The van der Waals surface area contributed by atoms with E-state index in [4.69, 9.17) is 17.0 Å². The summed E-state index contributed by atoms with van der Waals surface area (Å²) < 4.78 is 5.76. The molecule has 2 N–H and O–H groups in total. The second kappa shape index (κ2) is 15.9. The molecule has 2 amide bonds. The number of rotatable bonds is 14. The van der Waals surface area contributed by atoms with Crippen LogP contribution in [0.4, 0.5) is 5.69 Å². The summed E-state index contributed by atoms with van der Waals surface area (Å²) >= 11 is 5.32. The van der Waals surface area contributed by atoms with Crippen LogP contribution in [0.2, 0.25) is 0 Å². The Morgan fingerprint density at radius 3 is 2.20 bits per heavy atom. The van der Waals surface area contributed by atoms with Crippen molar-refractivity contribution in [2.75, 3.05) is 25.0 Å². The van der Waals surface area contributed by atoms with Crippen molar-refractivity contribution in [3.63, 3.8) is 0 Å². The van der Waals surface area contributed by atoms with E-state index in [0.717, 1.165) is 38.1 Å². The molecule has 0 atom stereocenters. The van der Waals surface area contributed by atoms with Gasteiger partial charge in [-0.15, -0.1) is 0 Å². The SMILES string of the molecule is CCCCCCCOc1ccc(C(=O)NC(=S)Nc2cccc(C(=O)N(CCC)CCC)c2)cc1. The first-order valence-corrected chi connectivity index (χ1v) is 13.1. The second-order valence-electron chi connectivity index (χ2n) is 8.57. The largest absolute Gasteiger partial charge is 0.494 e. The van der Waals surface area contributed by atoms with E-state index in [1.165, 1.54) is 25.7 Å². The molecule has 0 saturated carbocycles. The maximum atomic E-state index is 12.9. The fourth-order valence-corrected chi connectivity index (χ4v) is 3.91. The molecule has 2 rings (SSSR count). The first kappa shape index (κ1) is 28.3. The Kier molecular flexibility index (Phi) is 12.8. The molecule has 35 heavy (non-hydrogen) atoms. The molecule has 0 aliphatic rings. The number of benzene rings is 2. The predicted molar refractivity (Wildman–Crippen MR) is 147 cm³/mol. The summed E-state index contributed by atoms with van der Waals surface area (Å²) in [6, 6.07) is 14.2. The molecule has 0 fully saturated rings. The third kappa shape index (κ3) is 10.1. The third-order valence-corrected chi connectivity index (χ3v) is 5.71. The number of unbranched alkanes of at least 4 members (excludes halogenated alkanes) is 4. The minimum absolute atomic E-state index is 0.00410. The smallest absolute Gasteiger partial charge is 0.257 e. The van der Waals surface area contributed by atoms with Gasteiger partial charge in [0.05, 0.1) is 6.61 Å². The van der Waals surface area contributed by atoms with Gasteiger partial charge in [-0.3, -0.25) is 14.9 Å². The van der Waals surface area contributed by atoms with E-state index in [-0.39, 0.29) is 16.9 Å². The van der Waals surface area contributed by atoms with E-state index in [1.807, 2.05) is 11.0 Å². The van der Waals surface area contributed by atoms with Crippen LogP contribution in [0.5, 0.6) is 5.75 Å². The highest BCUT2D eigenvalue weighted by molar-refractivity contribution is 7.80. The van der Waals surface area contributed by atoms with Crippen LogP contribution in [0.25, 0.3) is 0 Å². The minimum Gasteiger partial charge on any atom is -0.494 e. The zero-order valence-corrected chi connectivity index (χ0v) is 22.1. The van der Waals surface area contributed by atoms with Gasteiger partial charge in [0.1, 0.15) is 5.75 Å². The van der Waals surface area contributed by atoms with Gasteiger partial charge < -0.3 is 15.0 Å². The van der Waals surface area contributed by atoms with Gasteiger partial charge in [0.25, 0.3) is 11.8 Å². The standard InChI is InChI=1S/C28H39N3O3S/c1-4-7-8-9-10-20-34-25-16-14-22(15-17-25)26(32)30-28(35)29-24-13-11-12-23(21-24)27(33)31(18-5-2)19-6-3/h11-17,21H,4-10,18-20H2,1-3H3,(H2,29,30,32,35). The number of hydrogen-bond donors (Lipinski definition) is 2. The van der Waals surface area contributed by atoms with Gasteiger partial charge in [-0.05, 0) is 73.9 Å². The Hall–Kier alpha value is -2.93. The Labute approximate surface area is 215 Å². The lowest BCUT2D eigenvalue weighted by atomic mass is 10.1. The summed E-state index contributed by atoms with van der Waals surface area (Å²) in [4.78, 5) is 27.3. The lowest BCUT2D eigenvalue weighted by molar-refractivity contribution is 0.0755. The Morgan fingerprint density at radius 2 is 1.54 bits per heavy atom. The number of thiocarbonyl (C=S) groups is 1. The quantitative estimate of drug-likeness (QED) is 0.233. The molecular weight excluding hydrogens is 458 g/mol. The number of hydrogen-bond acceptors (Lipinski definition) is 4. The summed E-state index contributed by atoms with van der Waals surface area (Å²) in [5.41, 5.74) is 1.73. The summed E-state index contributed by atoms with van der Waals surface area (Å²) in [6.45, 7) is 8.45. The van der Waals surface area contributed by atoms with E-state index >= 15 is 0 Å². The van der Waals surface area contributed by atoms with Gasteiger partial charge in [-0.1, -0.05) is 52.5 Å². The molecule has 2 aromatic carbocycles. The van der Waals surface area contributed by atoms with Crippen LogP contribution in [0.15, 0.2) is 48.5 Å². The molecule has 0 bridgehead atoms. The van der Waals surface area contributed by atoms with Crippen molar-refractivity contribution in [2.24, 2.45) is 0 Å². The van der Waals surface area contributed by atoms with E-state index < -0.39 is 0 Å². The molecule has 0 aliphatic carbocycles. The molecule has 7 heteroatoms. The normalized spacial score (nSPS) is 10.5. The van der Waals surface area contributed by atoms with E-state index in [0.29, 0.717) is 23.4 Å². The average Bonchev–Trinajstić information content (AvgIpc) is 2.86. The Morgan fingerprint density at radius 1 is 0.857 bits per heavy atom. The number of nitrogens with zero attached hydrogens (tertiary/aromatic N) is 1. The molecule has 0 aromatic heterocycles. The number of nitrogens with one attached hydrogen (secondary N) is 2. The maximum Gasteiger partial charge on any atom is 0.257 e. The molecule has 0 saturated heterocycles. The van der Waals surface area contributed by atoms with Gasteiger partial charge in [0, 0.05) is 29.9 Å². The van der Waals surface area contributed by atoms with Crippen LogP contribution in [0, 0.1) is 0 Å². The highest BCUT2D eigenvalue weighted by Gasteiger charge is 2.15. The zero-order valence-electron chi connectivity index (χ0n) is 21.3. The Bertz CT molecular complexity index is 941. The lowest BCUT2D eigenvalue weighted by Gasteiger charge is -2.21. The summed E-state index contributed by atoms with van der Waals surface area (Å²) in [5, 5.41) is 5.87. The summed E-state index contributed by atoms with van der Waals surface area (Å²) in [5.74, 6) is 0.438. The van der Waals surface area contributed by atoms with Crippen molar-refractivity contribution in [1.82, 2.24) is 10.2 Å². The second-order valence-corrected chi connectivity index (χ2v) is 8.98. The molecular formula is C28H39N3O3S. The third-order valence-electron chi connectivity index (χ3n) is 5.50. The first-order valence-electron chi connectivity index (χ1n) is 12.7. The average molecular weight is 498 g/mol. The van der Waals surface area contributed by atoms with Gasteiger partial charge in [-0.25, -0.2) is 0 Å². The monoisotopic (exact) mass is 497 g/mol. The van der Waals surface area contributed by atoms with Crippen molar-refractivity contribution in [1.29, 1.82) is 0 Å².